The van der Waals surface area contributed by atoms with Gasteiger partial charge in [-0.2, -0.15) is 0 Å². The molecule has 1 aliphatic carbocycles. The number of nitrogens with one attached hydrogen (secondary N) is 1. The Morgan fingerprint density at radius 2 is 2.06 bits per heavy atom. The van der Waals surface area contributed by atoms with Gasteiger partial charge in [-0.05, 0) is 46.3 Å². The second-order valence-electron chi connectivity index (χ2n) is 4.98. The summed E-state index contributed by atoms with van der Waals surface area (Å²) in [4.78, 5) is 7.00. The fraction of sp³-hybridized carbons (Fsp3) is 0.615. The Hall–Kier alpha value is -0.450. The molecule has 1 aliphatic heterocycles. The zero-order valence-corrected chi connectivity index (χ0v) is 11.5. The van der Waals surface area contributed by atoms with Crippen LogP contribution in [0.25, 0.3) is 0 Å². The quantitative estimate of drug-likeness (QED) is 0.867. The van der Waals surface area contributed by atoms with Gasteiger partial charge in [-0.1, -0.05) is 6.07 Å². The summed E-state index contributed by atoms with van der Waals surface area (Å²) < 4.78 is 0.927. The third kappa shape index (κ3) is 2.69. The van der Waals surface area contributed by atoms with E-state index in [1.807, 2.05) is 6.20 Å². The summed E-state index contributed by atoms with van der Waals surface area (Å²) in [6.07, 6.45) is 4.80. The maximum atomic E-state index is 4.38. The minimum absolute atomic E-state index is 0.595. The minimum atomic E-state index is 0.595. The molecule has 1 saturated heterocycles. The lowest BCUT2D eigenvalue weighted by Crippen LogP contribution is -2.45. The van der Waals surface area contributed by atoms with Gasteiger partial charge in [0.05, 0.1) is 0 Å². The van der Waals surface area contributed by atoms with Crippen molar-refractivity contribution in [1.29, 1.82) is 0 Å². The van der Waals surface area contributed by atoms with E-state index in [-0.39, 0.29) is 0 Å². The number of hydrogen-bond acceptors (Lipinski definition) is 3. The SMILES string of the molecule is Brc1ccc([C@H](C2CC2)N2CCNCC2)cn1. The molecular weight excluding hydrogens is 278 g/mol. The van der Waals surface area contributed by atoms with E-state index < -0.39 is 0 Å². The van der Waals surface area contributed by atoms with Crippen molar-refractivity contribution >= 4 is 15.9 Å². The largest absolute Gasteiger partial charge is 0.314 e. The van der Waals surface area contributed by atoms with Crippen molar-refractivity contribution in [2.24, 2.45) is 5.92 Å². The predicted octanol–water partition coefficient (Wildman–Crippen LogP) is 2.20. The normalized spacial score (nSPS) is 23.6. The molecule has 1 saturated carbocycles. The summed E-state index contributed by atoms with van der Waals surface area (Å²) in [5.74, 6) is 0.857. The molecule has 0 bridgehead atoms. The first-order valence-electron chi connectivity index (χ1n) is 6.41. The Balaban J connectivity index is 1.81. The average Bonchev–Trinajstić information content (AvgIpc) is 3.18. The van der Waals surface area contributed by atoms with Crippen molar-refractivity contribution in [2.75, 3.05) is 26.2 Å². The van der Waals surface area contributed by atoms with E-state index in [9.17, 15) is 0 Å². The number of aromatic nitrogens is 1. The molecule has 3 nitrogen and oxygen atoms in total. The Kier molecular flexibility index (Phi) is 3.45. The molecule has 1 N–H and O–H groups in total. The molecule has 1 aromatic heterocycles. The van der Waals surface area contributed by atoms with Gasteiger partial charge in [0, 0.05) is 38.4 Å². The number of pyridine rings is 1. The highest BCUT2D eigenvalue weighted by Crippen LogP contribution is 2.44. The summed E-state index contributed by atoms with van der Waals surface area (Å²) >= 11 is 3.41. The van der Waals surface area contributed by atoms with Gasteiger partial charge in [0.15, 0.2) is 0 Å². The van der Waals surface area contributed by atoms with Crippen molar-refractivity contribution in [3.8, 4) is 0 Å². The smallest absolute Gasteiger partial charge is 0.106 e. The fourth-order valence-electron chi connectivity index (χ4n) is 2.72. The van der Waals surface area contributed by atoms with Crippen LogP contribution in [-0.4, -0.2) is 36.1 Å². The Morgan fingerprint density at radius 3 is 2.65 bits per heavy atom. The molecule has 4 heteroatoms. The predicted molar refractivity (Wildman–Crippen MR) is 71.8 cm³/mol. The Morgan fingerprint density at radius 1 is 1.29 bits per heavy atom. The molecule has 2 fully saturated rings. The van der Waals surface area contributed by atoms with Gasteiger partial charge in [0.1, 0.15) is 4.60 Å². The van der Waals surface area contributed by atoms with E-state index >= 15 is 0 Å². The number of rotatable bonds is 3. The first kappa shape index (κ1) is 11.6. The minimum Gasteiger partial charge on any atom is -0.314 e. The second kappa shape index (κ2) is 5.04. The number of nitrogens with zero attached hydrogens (tertiary/aromatic N) is 2. The van der Waals surface area contributed by atoms with Crippen LogP contribution in [0.4, 0.5) is 0 Å². The van der Waals surface area contributed by atoms with Crippen molar-refractivity contribution in [2.45, 2.75) is 18.9 Å². The van der Waals surface area contributed by atoms with Crippen LogP contribution in [0.3, 0.4) is 0 Å². The standard InChI is InChI=1S/C13H18BrN3/c14-12-4-3-11(9-16-12)13(10-1-2-10)17-7-5-15-6-8-17/h3-4,9-10,13,15H,1-2,5-8H2/t13-/m0/s1. The molecule has 0 radical (unpaired) electrons. The summed E-state index contributed by atoms with van der Waals surface area (Å²) in [7, 11) is 0. The fourth-order valence-corrected chi connectivity index (χ4v) is 2.95. The van der Waals surface area contributed by atoms with Gasteiger partial charge in [-0.25, -0.2) is 4.98 Å². The first-order valence-corrected chi connectivity index (χ1v) is 7.20. The molecule has 2 heterocycles. The van der Waals surface area contributed by atoms with E-state index in [0.717, 1.165) is 36.7 Å². The highest BCUT2D eigenvalue weighted by molar-refractivity contribution is 9.10. The van der Waals surface area contributed by atoms with E-state index in [2.05, 4.69) is 43.3 Å². The van der Waals surface area contributed by atoms with Crippen molar-refractivity contribution in [1.82, 2.24) is 15.2 Å². The van der Waals surface area contributed by atoms with Gasteiger partial charge in [-0.3, -0.25) is 4.90 Å². The van der Waals surface area contributed by atoms with Crippen LogP contribution >= 0.6 is 15.9 Å². The topological polar surface area (TPSA) is 28.2 Å². The van der Waals surface area contributed by atoms with Gasteiger partial charge in [0.25, 0.3) is 0 Å². The van der Waals surface area contributed by atoms with Gasteiger partial charge in [0.2, 0.25) is 0 Å². The lowest BCUT2D eigenvalue weighted by Gasteiger charge is -2.35. The highest BCUT2D eigenvalue weighted by Gasteiger charge is 2.36. The molecule has 0 amide bonds. The lowest BCUT2D eigenvalue weighted by molar-refractivity contribution is 0.156. The van der Waals surface area contributed by atoms with E-state index in [4.69, 9.17) is 0 Å². The summed E-state index contributed by atoms with van der Waals surface area (Å²) in [5, 5.41) is 3.42. The van der Waals surface area contributed by atoms with Crippen LogP contribution in [0.1, 0.15) is 24.4 Å². The number of hydrogen-bond donors (Lipinski definition) is 1. The zero-order valence-electron chi connectivity index (χ0n) is 9.90. The molecule has 1 aromatic rings. The molecule has 0 unspecified atom stereocenters. The third-order valence-corrected chi connectivity index (χ3v) is 4.17. The van der Waals surface area contributed by atoms with Gasteiger partial charge >= 0.3 is 0 Å². The van der Waals surface area contributed by atoms with Gasteiger partial charge in [-0.15, -0.1) is 0 Å². The van der Waals surface area contributed by atoms with Crippen molar-refractivity contribution < 1.29 is 0 Å². The third-order valence-electron chi connectivity index (χ3n) is 3.71. The van der Waals surface area contributed by atoms with E-state index in [1.54, 1.807) is 0 Å². The highest BCUT2D eigenvalue weighted by atomic mass is 79.9. The summed E-state index contributed by atoms with van der Waals surface area (Å²) in [6, 6.07) is 4.88. The van der Waals surface area contributed by atoms with Crippen LogP contribution in [0.5, 0.6) is 0 Å². The Bertz CT molecular complexity index is 369. The molecule has 17 heavy (non-hydrogen) atoms. The zero-order chi connectivity index (χ0) is 11.7. The maximum absolute atomic E-state index is 4.38. The van der Waals surface area contributed by atoms with Crippen LogP contribution in [0.2, 0.25) is 0 Å². The van der Waals surface area contributed by atoms with Crippen LogP contribution in [-0.2, 0) is 0 Å². The number of piperazine rings is 1. The first-order chi connectivity index (χ1) is 8.34. The monoisotopic (exact) mass is 295 g/mol. The maximum Gasteiger partial charge on any atom is 0.106 e. The summed E-state index contributed by atoms with van der Waals surface area (Å²) in [5.41, 5.74) is 1.39. The van der Waals surface area contributed by atoms with Crippen molar-refractivity contribution in [3.63, 3.8) is 0 Å². The molecule has 2 aliphatic rings. The van der Waals surface area contributed by atoms with E-state index in [1.165, 1.54) is 18.4 Å². The van der Waals surface area contributed by atoms with Crippen LogP contribution in [0.15, 0.2) is 22.9 Å². The summed E-state index contributed by atoms with van der Waals surface area (Å²) in [6.45, 7) is 4.56. The van der Waals surface area contributed by atoms with Crippen LogP contribution < -0.4 is 5.32 Å². The molecule has 3 rings (SSSR count). The van der Waals surface area contributed by atoms with E-state index in [0.29, 0.717) is 6.04 Å². The second-order valence-corrected chi connectivity index (χ2v) is 5.79. The molecule has 0 spiro atoms. The van der Waals surface area contributed by atoms with Gasteiger partial charge < -0.3 is 5.32 Å². The van der Waals surface area contributed by atoms with Crippen molar-refractivity contribution in [3.05, 3.63) is 28.5 Å². The van der Waals surface area contributed by atoms with Crippen LogP contribution in [0, 0.1) is 5.92 Å². The lowest BCUT2D eigenvalue weighted by atomic mass is 10.0. The molecular formula is C13H18BrN3. The number of halogens is 1. The molecule has 92 valence electrons. The molecule has 0 aromatic carbocycles. The Labute approximate surface area is 111 Å². The average molecular weight is 296 g/mol. The molecule has 1 atom stereocenters.